The van der Waals surface area contributed by atoms with Crippen LogP contribution < -0.4 is 5.32 Å². The smallest absolute Gasteiger partial charge is 0.251 e. The second-order valence-electron chi connectivity index (χ2n) is 5.93. The minimum absolute atomic E-state index is 0.168. The Morgan fingerprint density at radius 2 is 2.00 bits per heavy atom. The van der Waals surface area contributed by atoms with Crippen LogP contribution in [-0.2, 0) is 0 Å². The molecule has 1 aliphatic carbocycles. The van der Waals surface area contributed by atoms with Crippen molar-refractivity contribution in [2.24, 2.45) is 0 Å². The lowest BCUT2D eigenvalue weighted by molar-refractivity contribution is -0.0300. The van der Waals surface area contributed by atoms with E-state index in [1.54, 1.807) is 16.8 Å². The van der Waals surface area contributed by atoms with E-state index < -0.39 is 5.60 Å². The van der Waals surface area contributed by atoms with Gasteiger partial charge in [0, 0.05) is 12.1 Å². The highest BCUT2D eigenvalue weighted by Crippen LogP contribution is 2.30. The summed E-state index contributed by atoms with van der Waals surface area (Å²) < 4.78 is 1.74. The first kappa shape index (κ1) is 14.7. The number of hydrogen-bond acceptors (Lipinski definition) is 4. The molecule has 0 aliphatic heterocycles. The van der Waals surface area contributed by atoms with Gasteiger partial charge in [-0.05, 0) is 57.4 Å². The largest absolute Gasteiger partial charge is 0.388 e. The maximum Gasteiger partial charge on any atom is 0.251 e. The number of aromatic nitrogens is 3. The molecule has 1 aliphatic rings. The molecule has 1 heterocycles. The summed E-state index contributed by atoms with van der Waals surface area (Å²) in [6.07, 6.45) is 2.55. The molecule has 0 bridgehead atoms. The molecule has 116 valence electrons. The fourth-order valence-electron chi connectivity index (χ4n) is 2.63. The summed E-state index contributed by atoms with van der Waals surface area (Å²) in [5.41, 5.74) is 0.735. The van der Waals surface area contributed by atoms with Gasteiger partial charge in [-0.1, -0.05) is 0 Å². The number of carbonyl (C=O) groups excluding carboxylic acids is 1. The minimum Gasteiger partial charge on any atom is -0.388 e. The maximum absolute atomic E-state index is 12.1. The SMILES string of the molecule is Cc1nc(C)n(-c2ccc(C(=O)NCC3(O)CCC3)cc2)n1. The van der Waals surface area contributed by atoms with Crippen molar-refractivity contribution < 1.29 is 9.90 Å². The highest BCUT2D eigenvalue weighted by molar-refractivity contribution is 5.94. The molecule has 0 radical (unpaired) electrons. The third kappa shape index (κ3) is 2.87. The first-order valence-electron chi connectivity index (χ1n) is 7.48. The number of nitrogens with zero attached hydrogens (tertiary/aromatic N) is 3. The van der Waals surface area contributed by atoms with Crippen LogP contribution in [0.5, 0.6) is 0 Å². The molecule has 6 nitrogen and oxygen atoms in total. The van der Waals surface area contributed by atoms with Gasteiger partial charge in [-0.3, -0.25) is 4.79 Å². The molecule has 3 rings (SSSR count). The van der Waals surface area contributed by atoms with Crippen LogP contribution in [0.1, 0.15) is 41.3 Å². The molecule has 0 saturated heterocycles. The van der Waals surface area contributed by atoms with Crippen LogP contribution in [0.3, 0.4) is 0 Å². The predicted molar refractivity (Wildman–Crippen MR) is 82.0 cm³/mol. The van der Waals surface area contributed by atoms with Crippen molar-refractivity contribution in [1.82, 2.24) is 20.1 Å². The van der Waals surface area contributed by atoms with Crippen LogP contribution in [-0.4, -0.2) is 37.9 Å². The van der Waals surface area contributed by atoms with Crippen LogP contribution in [0.2, 0.25) is 0 Å². The molecule has 1 fully saturated rings. The van der Waals surface area contributed by atoms with E-state index >= 15 is 0 Å². The molecule has 0 unspecified atom stereocenters. The molecule has 1 aromatic carbocycles. The van der Waals surface area contributed by atoms with Crippen molar-refractivity contribution in [3.05, 3.63) is 41.5 Å². The van der Waals surface area contributed by atoms with Gasteiger partial charge in [0.15, 0.2) is 0 Å². The first-order chi connectivity index (χ1) is 10.5. The van der Waals surface area contributed by atoms with Crippen LogP contribution in [0.4, 0.5) is 0 Å². The Morgan fingerprint density at radius 1 is 1.32 bits per heavy atom. The first-order valence-corrected chi connectivity index (χ1v) is 7.48. The minimum atomic E-state index is -0.703. The summed E-state index contributed by atoms with van der Waals surface area (Å²) >= 11 is 0. The summed E-state index contributed by atoms with van der Waals surface area (Å²) in [7, 11) is 0. The number of amides is 1. The van der Waals surface area contributed by atoms with Crippen LogP contribution in [0.15, 0.2) is 24.3 Å². The van der Waals surface area contributed by atoms with E-state index in [4.69, 9.17) is 0 Å². The van der Waals surface area contributed by atoms with E-state index in [0.717, 1.165) is 30.8 Å². The van der Waals surface area contributed by atoms with Crippen LogP contribution >= 0.6 is 0 Å². The van der Waals surface area contributed by atoms with Crippen molar-refractivity contribution in [1.29, 1.82) is 0 Å². The molecule has 22 heavy (non-hydrogen) atoms. The van der Waals surface area contributed by atoms with Gasteiger partial charge >= 0.3 is 0 Å². The van der Waals surface area contributed by atoms with Gasteiger partial charge in [0.1, 0.15) is 11.6 Å². The highest BCUT2D eigenvalue weighted by Gasteiger charge is 2.34. The predicted octanol–water partition coefficient (Wildman–Crippen LogP) is 1.53. The Hall–Kier alpha value is -2.21. The average Bonchev–Trinajstić information content (AvgIpc) is 2.81. The number of carbonyl (C=O) groups is 1. The topological polar surface area (TPSA) is 80.0 Å². The normalized spacial score (nSPS) is 16.1. The zero-order valence-corrected chi connectivity index (χ0v) is 12.8. The lowest BCUT2D eigenvalue weighted by Gasteiger charge is -2.36. The molecule has 6 heteroatoms. The molecule has 1 aromatic heterocycles. The monoisotopic (exact) mass is 300 g/mol. The Labute approximate surface area is 129 Å². The lowest BCUT2D eigenvalue weighted by Crippen LogP contribution is -2.47. The van der Waals surface area contributed by atoms with Crippen molar-refractivity contribution in [3.8, 4) is 5.69 Å². The zero-order valence-electron chi connectivity index (χ0n) is 12.8. The molecule has 0 spiro atoms. The Balaban J connectivity index is 1.68. The molecular weight excluding hydrogens is 280 g/mol. The number of benzene rings is 1. The summed E-state index contributed by atoms with van der Waals surface area (Å²) in [5, 5.41) is 17.1. The Morgan fingerprint density at radius 3 is 2.50 bits per heavy atom. The van der Waals surface area contributed by atoms with E-state index in [2.05, 4.69) is 15.4 Å². The quantitative estimate of drug-likeness (QED) is 0.897. The molecule has 2 N–H and O–H groups in total. The number of aryl methyl sites for hydroxylation is 2. The van der Waals surface area contributed by atoms with Crippen LogP contribution in [0.25, 0.3) is 5.69 Å². The Kier molecular flexibility index (Phi) is 3.70. The fraction of sp³-hybridized carbons (Fsp3) is 0.438. The highest BCUT2D eigenvalue weighted by atomic mass is 16.3. The van der Waals surface area contributed by atoms with Gasteiger partial charge in [-0.25, -0.2) is 9.67 Å². The molecule has 0 atom stereocenters. The fourth-order valence-corrected chi connectivity index (χ4v) is 2.63. The van der Waals surface area contributed by atoms with E-state index in [-0.39, 0.29) is 5.91 Å². The van der Waals surface area contributed by atoms with Crippen molar-refractivity contribution in [2.45, 2.75) is 38.7 Å². The Bertz CT molecular complexity index is 687. The maximum atomic E-state index is 12.1. The summed E-state index contributed by atoms with van der Waals surface area (Å²) in [6, 6.07) is 7.19. The number of aliphatic hydroxyl groups is 1. The van der Waals surface area contributed by atoms with Crippen LogP contribution in [0, 0.1) is 13.8 Å². The second kappa shape index (κ2) is 5.53. The van der Waals surface area contributed by atoms with E-state index in [9.17, 15) is 9.90 Å². The third-order valence-electron chi connectivity index (χ3n) is 4.11. The number of hydrogen-bond donors (Lipinski definition) is 2. The summed E-state index contributed by atoms with van der Waals surface area (Å²) in [4.78, 5) is 16.4. The van der Waals surface area contributed by atoms with Gasteiger partial charge < -0.3 is 10.4 Å². The van der Waals surface area contributed by atoms with Gasteiger partial charge in [0.05, 0.1) is 11.3 Å². The number of nitrogens with one attached hydrogen (secondary N) is 1. The van der Waals surface area contributed by atoms with E-state index in [1.165, 1.54) is 0 Å². The summed E-state index contributed by atoms with van der Waals surface area (Å²) in [5.74, 6) is 1.35. The zero-order chi connectivity index (χ0) is 15.7. The molecular formula is C16H20N4O2. The van der Waals surface area contributed by atoms with Crippen molar-refractivity contribution in [2.75, 3.05) is 6.54 Å². The van der Waals surface area contributed by atoms with Crippen molar-refractivity contribution >= 4 is 5.91 Å². The van der Waals surface area contributed by atoms with Gasteiger partial charge in [-0.15, -0.1) is 0 Å². The summed E-state index contributed by atoms with van der Waals surface area (Å²) in [6.45, 7) is 4.05. The van der Waals surface area contributed by atoms with Gasteiger partial charge in [-0.2, -0.15) is 5.10 Å². The molecule has 1 amide bonds. The van der Waals surface area contributed by atoms with Gasteiger partial charge in [0.2, 0.25) is 0 Å². The molecule has 1 saturated carbocycles. The van der Waals surface area contributed by atoms with Crippen molar-refractivity contribution in [3.63, 3.8) is 0 Å². The number of rotatable bonds is 4. The average molecular weight is 300 g/mol. The lowest BCUT2D eigenvalue weighted by atomic mass is 9.80. The van der Waals surface area contributed by atoms with E-state index in [0.29, 0.717) is 17.9 Å². The molecule has 2 aromatic rings. The third-order valence-corrected chi connectivity index (χ3v) is 4.11. The van der Waals surface area contributed by atoms with E-state index in [1.807, 2.05) is 26.0 Å². The van der Waals surface area contributed by atoms with Gasteiger partial charge in [0.25, 0.3) is 5.91 Å². The standard InChI is InChI=1S/C16H20N4O2/c1-11-18-12(2)20(19-11)14-6-4-13(5-7-14)15(21)17-10-16(22)8-3-9-16/h4-7,22H,3,8-10H2,1-2H3,(H,17,21). The second-order valence-corrected chi connectivity index (χ2v) is 5.93.